The smallest absolute Gasteiger partial charge is 0.227 e. The van der Waals surface area contributed by atoms with Gasteiger partial charge in [-0.25, -0.2) is 28.2 Å². The summed E-state index contributed by atoms with van der Waals surface area (Å²) < 4.78 is 5.97. The maximum absolute atomic E-state index is 4.76. The molecule has 0 spiro atoms. The van der Waals surface area contributed by atoms with Gasteiger partial charge in [0, 0.05) is 18.6 Å². The van der Waals surface area contributed by atoms with Crippen molar-refractivity contribution in [3.8, 4) is 0 Å². The summed E-state index contributed by atoms with van der Waals surface area (Å²) in [5, 5.41) is 0. The normalized spacial score (nSPS) is 12.4. The van der Waals surface area contributed by atoms with Crippen LogP contribution >= 0.6 is 0 Å². The molecule has 0 N–H and O–H groups in total. The highest BCUT2D eigenvalue weighted by molar-refractivity contribution is 5.88. The summed E-state index contributed by atoms with van der Waals surface area (Å²) >= 11 is 0. The molecule has 7 rings (SSSR count). The van der Waals surface area contributed by atoms with Gasteiger partial charge in [-0.15, -0.1) is 0 Å². The number of hydrogen-bond donors (Lipinski definition) is 0. The molecule has 0 bridgehead atoms. The molecule has 0 aliphatic rings. The average Bonchev–Trinajstić information content (AvgIpc) is 3.38. The molecule has 126 valence electrons. The molecule has 0 aromatic carbocycles. The van der Waals surface area contributed by atoms with Gasteiger partial charge in [0.15, 0.2) is 16.9 Å². The molecule has 9 heteroatoms. The molecule has 7 aromatic heterocycles. The third-order valence-electron chi connectivity index (χ3n) is 4.84. The van der Waals surface area contributed by atoms with E-state index >= 15 is 0 Å². The fourth-order valence-corrected chi connectivity index (χ4v) is 3.75. The molecule has 0 aliphatic carbocycles. The van der Waals surface area contributed by atoms with Gasteiger partial charge in [-0.1, -0.05) is 0 Å². The van der Waals surface area contributed by atoms with Crippen molar-refractivity contribution >= 4 is 50.8 Å². The van der Waals surface area contributed by atoms with E-state index in [0.717, 1.165) is 16.6 Å². The number of aromatic nitrogens is 9. The van der Waals surface area contributed by atoms with Crippen molar-refractivity contribution in [2.24, 2.45) is 0 Å². The predicted molar refractivity (Wildman–Crippen MR) is 98.6 cm³/mol. The van der Waals surface area contributed by atoms with Gasteiger partial charge in [0.25, 0.3) is 0 Å². The number of fused-ring (bicyclic) bond motifs is 12. The summed E-state index contributed by atoms with van der Waals surface area (Å²) in [5.41, 5.74) is 4.58. The van der Waals surface area contributed by atoms with Crippen molar-refractivity contribution in [1.29, 1.82) is 0 Å². The van der Waals surface area contributed by atoms with E-state index in [-0.39, 0.29) is 0 Å². The van der Waals surface area contributed by atoms with Crippen molar-refractivity contribution in [3.05, 3.63) is 55.0 Å². The van der Waals surface area contributed by atoms with Crippen LogP contribution in [0, 0.1) is 0 Å². The largest absolute Gasteiger partial charge is 0.245 e. The maximum Gasteiger partial charge on any atom is 0.227 e. The van der Waals surface area contributed by atoms with Gasteiger partial charge in [-0.2, -0.15) is 15.0 Å². The second kappa shape index (κ2) is 4.33. The monoisotopic (exact) mass is 351 g/mol. The second-order valence-electron chi connectivity index (χ2n) is 6.28. The fraction of sp³-hybridized carbons (Fsp3) is 0. The zero-order chi connectivity index (χ0) is 17.5. The van der Waals surface area contributed by atoms with Crippen LogP contribution in [0.5, 0.6) is 0 Å². The molecule has 7 heterocycles. The topological polar surface area (TPSA) is 90.6 Å². The Morgan fingerprint density at radius 3 is 1.15 bits per heavy atom. The van der Waals surface area contributed by atoms with Gasteiger partial charge in [-0.05, 0) is 36.4 Å². The Morgan fingerprint density at radius 1 is 0.481 bits per heavy atom. The molecule has 7 aromatic rings. The van der Waals surface area contributed by atoms with Crippen LogP contribution in [0.3, 0.4) is 0 Å². The van der Waals surface area contributed by atoms with Crippen LogP contribution in [-0.2, 0) is 0 Å². The van der Waals surface area contributed by atoms with E-state index in [1.54, 1.807) is 18.6 Å². The summed E-state index contributed by atoms with van der Waals surface area (Å²) in [6.07, 6.45) is 5.21. The molecular formula is C18H9N9. The molecule has 27 heavy (non-hydrogen) atoms. The fourth-order valence-electron chi connectivity index (χ4n) is 3.75. The van der Waals surface area contributed by atoms with E-state index in [2.05, 4.69) is 15.0 Å². The van der Waals surface area contributed by atoms with Crippen molar-refractivity contribution in [2.45, 2.75) is 0 Å². The number of nitrogens with zero attached hydrogens (tertiary/aromatic N) is 9. The third-order valence-corrected chi connectivity index (χ3v) is 4.84. The van der Waals surface area contributed by atoms with E-state index < -0.39 is 0 Å². The average molecular weight is 351 g/mol. The summed E-state index contributed by atoms with van der Waals surface area (Å²) in [5.74, 6) is 2.08. The molecule has 0 unspecified atom stereocenters. The van der Waals surface area contributed by atoms with Crippen molar-refractivity contribution in [2.75, 3.05) is 0 Å². The highest BCUT2D eigenvalue weighted by Crippen LogP contribution is 2.26. The van der Waals surface area contributed by atoms with Crippen LogP contribution in [0.15, 0.2) is 55.0 Å². The maximum atomic E-state index is 4.76. The van der Waals surface area contributed by atoms with Gasteiger partial charge in [-0.3, -0.25) is 0 Å². The molecule has 0 amide bonds. The molecule has 0 saturated heterocycles. The van der Waals surface area contributed by atoms with Gasteiger partial charge in [0.2, 0.25) is 17.3 Å². The Hall–Kier alpha value is -4.14. The van der Waals surface area contributed by atoms with E-state index in [9.17, 15) is 0 Å². The molecule has 0 saturated carbocycles. The summed E-state index contributed by atoms with van der Waals surface area (Å²) in [7, 11) is 0. The molecule has 0 atom stereocenters. The van der Waals surface area contributed by atoms with Gasteiger partial charge in [0.1, 0.15) is 0 Å². The third kappa shape index (κ3) is 1.46. The lowest BCUT2D eigenvalue weighted by Crippen LogP contribution is -2.03. The van der Waals surface area contributed by atoms with Gasteiger partial charge >= 0.3 is 0 Å². The van der Waals surface area contributed by atoms with Crippen molar-refractivity contribution in [1.82, 2.24) is 43.1 Å². The van der Waals surface area contributed by atoms with Crippen LogP contribution in [0.2, 0.25) is 0 Å². The zero-order valence-corrected chi connectivity index (χ0v) is 13.7. The molecule has 0 fully saturated rings. The van der Waals surface area contributed by atoms with Crippen LogP contribution in [0.4, 0.5) is 0 Å². The number of imidazole rings is 3. The first-order valence-corrected chi connectivity index (χ1v) is 8.42. The van der Waals surface area contributed by atoms with Gasteiger partial charge in [0.05, 0.1) is 16.6 Å². The van der Waals surface area contributed by atoms with Crippen molar-refractivity contribution < 1.29 is 0 Å². The SMILES string of the molecule is c1cnc2nc3n(c2c1)c1nc2ncccc2n1c1nc2ncccc2n31. The predicted octanol–water partition coefficient (Wildman–Crippen LogP) is 2.27. The Morgan fingerprint density at radius 2 is 0.815 bits per heavy atom. The Labute approximate surface area is 149 Å². The zero-order valence-electron chi connectivity index (χ0n) is 13.7. The van der Waals surface area contributed by atoms with E-state index in [1.165, 1.54) is 0 Å². The lowest BCUT2D eigenvalue weighted by atomic mass is 10.4. The Balaban J connectivity index is 1.95. The number of hydrogen-bond acceptors (Lipinski definition) is 6. The first-order chi connectivity index (χ1) is 13.4. The summed E-state index contributed by atoms with van der Waals surface area (Å²) in [6, 6.07) is 11.6. The minimum Gasteiger partial charge on any atom is -0.245 e. The minimum atomic E-state index is 0.651. The van der Waals surface area contributed by atoms with Crippen LogP contribution in [-0.4, -0.2) is 43.1 Å². The quantitative estimate of drug-likeness (QED) is 0.416. The lowest BCUT2D eigenvalue weighted by molar-refractivity contribution is 1.01. The van der Waals surface area contributed by atoms with Crippen molar-refractivity contribution in [3.63, 3.8) is 0 Å². The minimum absolute atomic E-state index is 0.651. The standard InChI is InChI=1S/C18H9N9/c1-4-10-13(19-7-1)22-16-25(10)17-23-14-11(5-2-8-20-14)27(17)18-24-15-12(26(16)18)6-3-9-21-15/h1-9H. The second-order valence-corrected chi connectivity index (χ2v) is 6.28. The number of rotatable bonds is 0. The Kier molecular flexibility index (Phi) is 2.10. The highest BCUT2D eigenvalue weighted by atomic mass is 15.3. The van der Waals surface area contributed by atoms with E-state index in [1.807, 2.05) is 49.6 Å². The molecular weight excluding hydrogens is 342 g/mol. The summed E-state index contributed by atoms with van der Waals surface area (Å²) in [6.45, 7) is 0. The van der Waals surface area contributed by atoms with E-state index in [0.29, 0.717) is 34.3 Å². The first-order valence-electron chi connectivity index (χ1n) is 8.42. The van der Waals surface area contributed by atoms with Gasteiger partial charge < -0.3 is 0 Å². The first kappa shape index (κ1) is 13.1. The van der Waals surface area contributed by atoms with Crippen LogP contribution < -0.4 is 0 Å². The number of pyridine rings is 3. The van der Waals surface area contributed by atoms with Crippen LogP contribution in [0.25, 0.3) is 50.8 Å². The summed E-state index contributed by atoms with van der Waals surface area (Å²) in [4.78, 5) is 27.5. The van der Waals surface area contributed by atoms with E-state index in [4.69, 9.17) is 15.0 Å². The molecule has 9 nitrogen and oxygen atoms in total. The Bertz CT molecular complexity index is 1450. The highest BCUT2D eigenvalue weighted by Gasteiger charge is 2.21. The molecule has 0 radical (unpaired) electrons. The molecule has 0 aliphatic heterocycles. The lowest BCUT2D eigenvalue weighted by Gasteiger charge is -2.04. The van der Waals surface area contributed by atoms with Crippen LogP contribution in [0.1, 0.15) is 0 Å².